The average molecular weight is 431 g/mol. The zero-order valence-corrected chi connectivity index (χ0v) is 18.5. The Bertz CT molecular complexity index is 967. The molecule has 2 aromatic rings. The number of rotatable bonds is 8. The molecule has 1 heterocycles. The van der Waals surface area contributed by atoms with E-state index in [-0.39, 0.29) is 17.6 Å². The van der Waals surface area contributed by atoms with Crippen LogP contribution in [0.25, 0.3) is 0 Å². The lowest BCUT2D eigenvalue weighted by Crippen LogP contribution is -2.43. The summed E-state index contributed by atoms with van der Waals surface area (Å²) in [5.41, 5.74) is 2.78. The van der Waals surface area contributed by atoms with E-state index in [1.807, 2.05) is 62.4 Å². The normalized spacial score (nSPS) is 15.7. The van der Waals surface area contributed by atoms with Crippen molar-refractivity contribution in [1.29, 1.82) is 0 Å². The number of carbonyl (C=O) groups excluding carboxylic acids is 1. The predicted octanol–water partition coefficient (Wildman–Crippen LogP) is 3.25. The van der Waals surface area contributed by atoms with Gasteiger partial charge in [0.15, 0.2) is 0 Å². The molecule has 0 unspecified atom stereocenters. The van der Waals surface area contributed by atoms with Crippen LogP contribution in [0.3, 0.4) is 0 Å². The quantitative estimate of drug-likeness (QED) is 0.698. The molecule has 30 heavy (non-hydrogen) atoms. The van der Waals surface area contributed by atoms with Gasteiger partial charge < -0.3 is 10.1 Å². The minimum Gasteiger partial charge on any atom is -0.494 e. The van der Waals surface area contributed by atoms with Gasteiger partial charge in [0.25, 0.3) is 0 Å². The van der Waals surface area contributed by atoms with Crippen molar-refractivity contribution < 1.29 is 17.9 Å². The van der Waals surface area contributed by atoms with Crippen LogP contribution in [0.5, 0.6) is 5.75 Å². The van der Waals surface area contributed by atoms with Crippen molar-refractivity contribution >= 4 is 15.9 Å². The van der Waals surface area contributed by atoms with Gasteiger partial charge in [-0.15, -0.1) is 0 Å². The lowest BCUT2D eigenvalue weighted by molar-refractivity contribution is -0.126. The number of amides is 1. The molecule has 1 aliphatic heterocycles. The van der Waals surface area contributed by atoms with E-state index in [2.05, 4.69) is 5.32 Å². The molecular formula is C23H30N2O4S. The Labute approximate surface area is 179 Å². The Morgan fingerprint density at radius 2 is 1.87 bits per heavy atom. The maximum absolute atomic E-state index is 12.8. The molecule has 6 nitrogen and oxygen atoms in total. The standard InChI is InChI=1S/C23H30N2O4S/c1-3-29-22-10-6-8-19(15-22)16-24-23(26)20-11-13-25(14-12-20)30(27,28)17-21-9-5-4-7-18(21)2/h4-10,15,20H,3,11-14,16-17H2,1-2H3,(H,24,26). The molecule has 1 fully saturated rings. The molecule has 0 radical (unpaired) electrons. The monoisotopic (exact) mass is 430 g/mol. The molecule has 0 saturated carbocycles. The van der Waals surface area contributed by atoms with E-state index in [1.165, 1.54) is 4.31 Å². The van der Waals surface area contributed by atoms with Crippen LogP contribution < -0.4 is 10.1 Å². The van der Waals surface area contributed by atoms with Crippen molar-refractivity contribution in [2.45, 2.75) is 39.0 Å². The average Bonchev–Trinajstić information content (AvgIpc) is 2.74. The van der Waals surface area contributed by atoms with Gasteiger partial charge in [0.2, 0.25) is 15.9 Å². The zero-order valence-electron chi connectivity index (χ0n) is 17.6. The molecule has 1 N–H and O–H groups in total. The topological polar surface area (TPSA) is 75.7 Å². The lowest BCUT2D eigenvalue weighted by Gasteiger charge is -2.30. The molecular weight excluding hydrogens is 400 g/mol. The number of carbonyl (C=O) groups is 1. The third-order valence-corrected chi connectivity index (χ3v) is 7.32. The summed E-state index contributed by atoms with van der Waals surface area (Å²) >= 11 is 0. The van der Waals surface area contributed by atoms with Gasteiger partial charge in [-0.1, -0.05) is 36.4 Å². The first kappa shape index (κ1) is 22.3. The number of hydrogen-bond donors (Lipinski definition) is 1. The second-order valence-corrected chi connectivity index (χ2v) is 9.62. The summed E-state index contributed by atoms with van der Waals surface area (Å²) < 4.78 is 32.6. The number of benzene rings is 2. The highest BCUT2D eigenvalue weighted by Crippen LogP contribution is 2.23. The molecule has 1 saturated heterocycles. The Morgan fingerprint density at radius 3 is 2.57 bits per heavy atom. The molecule has 7 heteroatoms. The highest BCUT2D eigenvalue weighted by Gasteiger charge is 2.31. The van der Waals surface area contributed by atoms with E-state index in [0.717, 1.165) is 22.4 Å². The number of nitrogens with zero attached hydrogens (tertiary/aromatic N) is 1. The first-order valence-electron chi connectivity index (χ1n) is 10.4. The van der Waals surface area contributed by atoms with E-state index < -0.39 is 10.0 Å². The van der Waals surface area contributed by atoms with Gasteiger partial charge in [0.05, 0.1) is 12.4 Å². The van der Waals surface area contributed by atoms with Crippen LogP contribution in [-0.4, -0.2) is 38.3 Å². The molecule has 2 aromatic carbocycles. The van der Waals surface area contributed by atoms with E-state index in [1.54, 1.807) is 0 Å². The number of sulfonamides is 1. The summed E-state index contributed by atoms with van der Waals surface area (Å²) in [5.74, 6) is 0.612. The number of aryl methyl sites for hydroxylation is 1. The van der Waals surface area contributed by atoms with Crippen molar-refractivity contribution in [3.05, 3.63) is 65.2 Å². The van der Waals surface area contributed by atoms with Crippen molar-refractivity contribution in [3.8, 4) is 5.75 Å². The predicted molar refractivity (Wildman–Crippen MR) is 118 cm³/mol. The van der Waals surface area contributed by atoms with Gasteiger partial charge in [-0.25, -0.2) is 12.7 Å². The van der Waals surface area contributed by atoms with Crippen LogP contribution in [0, 0.1) is 12.8 Å². The fourth-order valence-electron chi connectivity index (χ4n) is 3.70. The van der Waals surface area contributed by atoms with Gasteiger partial charge in [-0.2, -0.15) is 0 Å². The second kappa shape index (κ2) is 10.1. The molecule has 3 rings (SSSR count). The summed E-state index contributed by atoms with van der Waals surface area (Å²) in [7, 11) is -3.39. The summed E-state index contributed by atoms with van der Waals surface area (Å²) in [6.45, 7) is 5.65. The number of nitrogens with one attached hydrogen (secondary N) is 1. The largest absolute Gasteiger partial charge is 0.494 e. The smallest absolute Gasteiger partial charge is 0.223 e. The first-order valence-corrected chi connectivity index (χ1v) is 12.0. The van der Waals surface area contributed by atoms with Gasteiger partial charge in [0, 0.05) is 25.6 Å². The number of piperidine rings is 1. The molecule has 0 spiro atoms. The van der Waals surface area contributed by atoms with Gasteiger partial charge in [-0.3, -0.25) is 4.79 Å². The molecule has 0 aliphatic carbocycles. The summed E-state index contributed by atoms with van der Waals surface area (Å²) in [5, 5.41) is 2.98. The third kappa shape index (κ3) is 5.83. The first-order chi connectivity index (χ1) is 14.4. The Hall–Kier alpha value is -2.38. The Balaban J connectivity index is 1.50. The fraction of sp³-hybridized carbons (Fsp3) is 0.435. The molecule has 1 aliphatic rings. The van der Waals surface area contributed by atoms with Gasteiger partial charge >= 0.3 is 0 Å². The molecule has 0 aromatic heterocycles. The van der Waals surface area contributed by atoms with Crippen molar-refractivity contribution in [1.82, 2.24) is 9.62 Å². The van der Waals surface area contributed by atoms with Gasteiger partial charge in [0.1, 0.15) is 5.75 Å². The van der Waals surface area contributed by atoms with Crippen molar-refractivity contribution in [3.63, 3.8) is 0 Å². The van der Waals surface area contributed by atoms with Crippen LogP contribution in [-0.2, 0) is 27.1 Å². The van der Waals surface area contributed by atoms with E-state index in [4.69, 9.17) is 4.74 Å². The fourth-order valence-corrected chi connectivity index (χ4v) is 5.37. The van der Waals surface area contributed by atoms with E-state index in [0.29, 0.717) is 39.1 Å². The highest BCUT2D eigenvalue weighted by atomic mass is 32.2. The molecule has 0 atom stereocenters. The van der Waals surface area contributed by atoms with Crippen LogP contribution >= 0.6 is 0 Å². The zero-order chi connectivity index (χ0) is 21.6. The summed E-state index contributed by atoms with van der Waals surface area (Å²) in [6.07, 6.45) is 1.08. The molecule has 0 bridgehead atoms. The van der Waals surface area contributed by atoms with Crippen LogP contribution in [0.4, 0.5) is 0 Å². The summed E-state index contributed by atoms with van der Waals surface area (Å²) in [6, 6.07) is 15.2. The maximum Gasteiger partial charge on any atom is 0.223 e. The molecule has 1 amide bonds. The molecule has 162 valence electrons. The number of hydrogen-bond acceptors (Lipinski definition) is 4. The van der Waals surface area contributed by atoms with Crippen LogP contribution in [0.2, 0.25) is 0 Å². The van der Waals surface area contributed by atoms with Crippen molar-refractivity contribution in [2.24, 2.45) is 5.92 Å². The SMILES string of the molecule is CCOc1cccc(CNC(=O)C2CCN(S(=O)(=O)Cc3ccccc3C)CC2)c1. The lowest BCUT2D eigenvalue weighted by atomic mass is 9.97. The maximum atomic E-state index is 12.8. The minimum atomic E-state index is -3.39. The van der Waals surface area contributed by atoms with E-state index in [9.17, 15) is 13.2 Å². The van der Waals surface area contributed by atoms with Crippen molar-refractivity contribution in [2.75, 3.05) is 19.7 Å². The Kier molecular flexibility index (Phi) is 7.50. The third-order valence-electron chi connectivity index (χ3n) is 5.49. The number of ether oxygens (including phenoxy) is 1. The second-order valence-electron chi connectivity index (χ2n) is 7.65. The van der Waals surface area contributed by atoms with E-state index >= 15 is 0 Å². The highest BCUT2D eigenvalue weighted by molar-refractivity contribution is 7.88. The minimum absolute atomic E-state index is 0.00665. The van der Waals surface area contributed by atoms with Crippen LogP contribution in [0.15, 0.2) is 48.5 Å². The van der Waals surface area contributed by atoms with Gasteiger partial charge in [-0.05, 0) is 55.5 Å². The van der Waals surface area contributed by atoms with Crippen LogP contribution in [0.1, 0.15) is 36.5 Å². The Morgan fingerprint density at radius 1 is 1.13 bits per heavy atom. The summed E-state index contributed by atoms with van der Waals surface area (Å²) in [4.78, 5) is 12.6.